The molecule has 1 aliphatic heterocycles. The molecular weight excluding hydrogens is 394 g/mol. The first-order valence-electron chi connectivity index (χ1n) is 9.72. The molecule has 31 heavy (non-hydrogen) atoms. The Bertz CT molecular complexity index is 1180. The molecular formula is C25H21NO5. The number of methoxy groups -OCH3 is 1. The van der Waals surface area contributed by atoms with Gasteiger partial charge in [0.15, 0.2) is 11.5 Å². The lowest BCUT2D eigenvalue weighted by molar-refractivity contribution is -0.132. The van der Waals surface area contributed by atoms with Crippen molar-refractivity contribution in [3.8, 4) is 11.5 Å². The van der Waals surface area contributed by atoms with Gasteiger partial charge in [-0.1, -0.05) is 54.1 Å². The number of rotatable bonds is 4. The molecule has 1 fully saturated rings. The Morgan fingerprint density at radius 3 is 2.29 bits per heavy atom. The monoisotopic (exact) mass is 415 g/mol. The first-order valence-corrected chi connectivity index (χ1v) is 9.72. The Balaban J connectivity index is 1.96. The van der Waals surface area contributed by atoms with E-state index >= 15 is 0 Å². The highest BCUT2D eigenvalue weighted by molar-refractivity contribution is 6.51. The maximum absolute atomic E-state index is 13.1. The number of ketones is 1. The summed E-state index contributed by atoms with van der Waals surface area (Å²) in [4.78, 5) is 27.5. The SMILES string of the molecule is COc1cc(C2/C(=C(\O)c3ccccc3)C(=O)C(=O)N2c2ccc(C)cc2)ccc1O. The van der Waals surface area contributed by atoms with E-state index in [0.29, 0.717) is 16.8 Å². The number of aryl methyl sites for hydroxylation is 1. The minimum absolute atomic E-state index is 0.0236. The van der Waals surface area contributed by atoms with Gasteiger partial charge in [0.25, 0.3) is 11.7 Å². The minimum Gasteiger partial charge on any atom is -0.507 e. The summed E-state index contributed by atoms with van der Waals surface area (Å²) in [5, 5.41) is 21.0. The van der Waals surface area contributed by atoms with Crippen molar-refractivity contribution < 1.29 is 24.5 Å². The van der Waals surface area contributed by atoms with Gasteiger partial charge < -0.3 is 14.9 Å². The number of hydrogen-bond donors (Lipinski definition) is 2. The van der Waals surface area contributed by atoms with Crippen LogP contribution in [0.25, 0.3) is 5.76 Å². The van der Waals surface area contributed by atoms with E-state index in [2.05, 4.69) is 0 Å². The van der Waals surface area contributed by atoms with E-state index in [1.165, 1.54) is 18.1 Å². The van der Waals surface area contributed by atoms with Crippen molar-refractivity contribution in [3.63, 3.8) is 0 Å². The summed E-state index contributed by atoms with van der Waals surface area (Å²) in [6.45, 7) is 1.93. The second kappa shape index (κ2) is 7.99. The first-order chi connectivity index (χ1) is 14.9. The lowest BCUT2D eigenvalue weighted by Gasteiger charge is -2.26. The molecule has 1 heterocycles. The number of aliphatic hydroxyl groups is 1. The van der Waals surface area contributed by atoms with Crippen molar-refractivity contribution in [1.29, 1.82) is 0 Å². The zero-order chi connectivity index (χ0) is 22.1. The third kappa shape index (κ3) is 3.53. The quantitative estimate of drug-likeness (QED) is 0.376. The number of aliphatic hydroxyl groups excluding tert-OH is 1. The van der Waals surface area contributed by atoms with E-state index in [1.807, 2.05) is 19.1 Å². The van der Waals surface area contributed by atoms with Gasteiger partial charge in [-0.05, 0) is 36.8 Å². The van der Waals surface area contributed by atoms with Gasteiger partial charge in [-0.3, -0.25) is 14.5 Å². The van der Waals surface area contributed by atoms with Crippen molar-refractivity contribution in [2.75, 3.05) is 12.0 Å². The molecule has 156 valence electrons. The lowest BCUT2D eigenvalue weighted by Crippen LogP contribution is -2.29. The maximum Gasteiger partial charge on any atom is 0.300 e. The molecule has 6 nitrogen and oxygen atoms in total. The van der Waals surface area contributed by atoms with Gasteiger partial charge in [0.1, 0.15) is 5.76 Å². The predicted octanol–water partition coefficient (Wildman–Crippen LogP) is 4.34. The number of hydrogen-bond acceptors (Lipinski definition) is 5. The topological polar surface area (TPSA) is 87.1 Å². The first kappa shape index (κ1) is 20.2. The highest BCUT2D eigenvalue weighted by atomic mass is 16.5. The van der Waals surface area contributed by atoms with Gasteiger partial charge in [0, 0.05) is 11.3 Å². The fourth-order valence-electron chi connectivity index (χ4n) is 3.74. The highest BCUT2D eigenvalue weighted by Crippen LogP contribution is 2.43. The molecule has 0 spiro atoms. The van der Waals surface area contributed by atoms with E-state index in [4.69, 9.17) is 4.74 Å². The molecule has 1 aliphatic rings. The molecule has 1 atom stereocenters. The molecule has 2 N–H and O–H groups in total. The molecule has 0 saturated carbocycles. The molecule has 0 radical (unpaired) electrons. The zero-order valence-corrected chi connectivity index (χ0v) is 17.1. The Morgan fingerprint density at radius 1 is 0.968 bits per heavy atom. The normalized spacial score (nSPS) is 17.7. The highest BCUT2D eigenvalue weighted by Gasteiger charge is 2.47. The van der Waals surface area contributed by atoms with Crippen LogP contribution >= 0.6 is 0 Å². The van der Waals surface area contributed by atoms with Gasteiger partial charge >= 0.3 is 0 Å². The average molecular weight is 415 g/mol. The molecule has 6 heteroatoms. The largest absolute Gasteiger partial charge is 0.507 e. The van der Waals surface area contributed by atoms with Gasteiger partial charge in [-0.2, -0.15) is 0 Å². The number of carbonyl (C=O) groups is 2. The fourth-order valence-corrected chi connectivity index (χ4v) is 3.74. The number of benzene rings is 3. The number of nitrogens with zero attached hydrogens (tertiary/aromatic N) is 1. The van der Waals surface area contributed by atoms with Gasteiger partial charge in [-0.15, -0.1) is 0 Å². The van der Waals surface area contributed by atoms with Crippen molar-refractivity contribution in [3.05, 3.63) is 95.1 Å². The number of Topliss-reactive ketones (excluding diaryl/α,β-unsaturated/α-hetero) is 1. The number of phenols is 1. The molecule has 3 aromatic carbocycles. The number of ether oxygens (including phenoxy) is 1. The van der Waals surface area contributed by atoms with Crippen LogP contribution < -0.4 is 9.64 Å². The second-order valence-corrected chi connectivity index (χ2v) is 7.30. The van der Waals surface area contributed by atoms with Crippen LogP contribution in [0.1, 0.15) is 22.7 Å². The number of aromatic hydroxyl groups is 1. The van der Waals surface area contributed by atoms with Crippen molar-refractivity contribution >= 4 is 23.1 Å². The summed E-state index contributed by atoms with van der Waals surface area (Å²) in [6, 6.07) is 19.5. The van der Waals surface area contributed by atoms with Crippen LogP contribution in [-0.2, 0) is 9.59 Å². The standard InChI is InChI=1S/C25H21NO5/c1-15-8-11-18(12-9-15)26-22(17-10-13-19(27)20(14-17)31-2)21(24(29)25(26)30)23(28)16-6-4-3-5-7-16/h3-14,22,27-28H,1-2H3/b23-21+. The summed E-state index contributed by atoms with van der Waals surface area (Å²) < 4.78 is 5.22. The predicted molar refractivity (Wildman–Crippen MR) is 117 cm³/mol. The van der Waals surface area contributed by atoms with Crippen LogP contribution in [0, 0.1) is 6.92 Å². The van der Waals surface area contributed by atoms with E-state index in [-0.39, 0.29) is 22.8 Å². The van der Waals surface area contributed by atoms with Gasteiger partial charge in [0.2, 0.25) is 0 Å². The smallest absolute Gasteiger partial charge is 0.300 e. The lowest BCUT2D eigenvalue weighted by atomic mass is 9.94. The average Bonchev–Trinajstić information content (AvgIpc) is 3.05. The van der Waals surface area contributed by atoms with Crippen LogP contribution in [-0.4, -0.2) is 29.0 Å². The zero-order valence-electron chi connectivity index (χ0n) is 17.1. The summed E-state index contributed by atoms with van der Waals surface area (Å²) in [6.07, 6.45) is 0. The Hall–Kier alpha value is -4.06. The molecule has 4 rings (SSSR count). The molecule has 3 aromatic rings. The Labute approximate surface area is 179 Å². The molecule has 1 unspecified atom stereocenters. The molecule has 0 aliphatic carbocycles. The summed E-state index contributed by atoms with van der Waals surface area (Å²) in [7, 11) is 1.42. The van der Waals surface area contributed by atoms with E-state index in [9.17, 15) is 19.8 Å². The third-order valence-corrected chi connectivity index (χ3v) is 5.32. The summed E-state index contributed by atoms with van der Waals surface area (Å²) >= 11 is 0. The van der Waals surface area contributed by atoms with Gasteiger partial charge in [-0.25, -0.2) is 0 Å². The van der Waals surface area contributed by atoms with E-state index < -0.39 is 17.7 Å². The summed E-state index contributed by atoms with van der Waals surface area (Å²) in [5.74, 6) is -1.64. The number of amides is 1. The van der Waals surface area contributed by atoms with E-state index in [1.54, 1.807) is 54.6 Å². The second-order valence-electron chi connectivity index (χ2n) is 7.30. The molecule has 0 aromatic heterocycles. The fraction of sp³-hybridized carbons (Fsp3) is 0.120. The molecule has 1 saturated heterocycles. The van der Waals surface area contributed by atoms with E-state index in [0.717, 1.165) is 5.56 Å². The number of carbonyl (C=O) groups excluding carboxylic acids is 2. The molecule has 1 amide bonds. The summed E-state index contributed by atoms with van der Waals surface area (Å²) in [5.41, 5.74) is 2.46. The van der Waals surface area contributed by atoms with Crippen LogP contribution in [0.4, 0.5) is 5.69 Å². The van der Waals surface area contributed by atoms with Crippen LogP contribution in [0.3, 0.4) is 0 Å². The van der Waals surface area contributed by atoms with Gasteiger partial charge in [0.05, 0.1) is 18.7 Å². The van der Waals surface area contributed by atoms with Crippen molar-refractivity contribution in [2.45, 2.75) is 13.0 Å². The van der Waals surface area contributed by atoms with Crippen LogP contribution in [0.15, 0.2) is 78.4 Å². The Morgan fingerprint density at radius 2 is 1.65 bits per heavy atom. The van der Waals surface area contributed by atoms with Crippen LogP contribution in [0.2, 0.25) is 0 Å². The minimum atomic E-state index is -0.891. The van der Waals surface area contributed by atoms with Crippen LogP contribution in [0.5, 0.6) is 11.5 Å². The number of anilines is 1. The Kier molecular flexibility index (Phi) is 5.21. The molecule has 0 bridgehead atoms. The van der Waals surface area contributed by atoms with Crippen molar-refractivity contribution in [1.82, 2.24) is 0 Å². The number of phenolic OH excluding ortho intramolecular Hbond substituents is 1. The third-order valence-electron chi connectivity index (χ3n) is 5.32. The maximum atomic E-state index is 13.1. The van der Waals surface area contributed by atoms with Crippen molar-refractivity contribution in [2.24, 2.45) is 0 Å².